The number of carbonyl (C=O) groups excluding carboxylic acids is 2. The van der Waals surface area contributed by atoms with Crippen LogP contribution in [0.4, 0.5) is 0 Å². The van der Waals surface area contributed by atoms with E-state index in [0.717, 1.165) is 21.7 Å². The Bertz CT molecular complexity index is 1320. The Morgan fingerprint density at radius 2 is 1.83 bits per heavy atom. The maximum absolute atomic E-state index is 12.2. The summed E-state index contributed by atoms with van der Waals surface area (Å²) in [5, 5.41) is 5.16. The van der Waals surface area contributed by atoms with E-state index in [9.17, 15) is 14.4 Å². The highest BCUT2D eigenvalue weighted by atomic mass is 16.5. The van der Waals surface area contributed by atoms with Gasteiger partial charge in [0.1, 0.15) is 18.7 Å². The van der Waals surface area contributed by atoms with Crippen LogP contribution in [0.25, 0.3) is 21.7 Å². The number of ether oxygens (including phenoxy) is 1. The van der Waals surface area contributed by atoms with Crippen LogP contribution >= 0.6 is 0 Å². The monoisotopic (exact) mass is 401 g/mol. The van der Waals surface area contributed by atoms with Gasteiger partial charge >= 0.3 is 11.6 Å². The van der Waals surface area contributed by atoms with Crippen molar-refractivity contribution in [3.8, 4) is 0 Å². The van der Waals surface area contributed by atoms with Gasteiger partial charge in [0.2, 0.25) is 0 Å². The molecule has 0 aliphatic rings. The fourth-order valence-electron chi connectivity index (χ4n) is 3.38. The van der Waals surface area contributed by atoms with Gasteiger partial charge in [0.25, 0.3) is 5.91 Å². The molecule has 0 saturated carbocycles. The summed E-state index contributed by atoms with van der Waals surface area (Å²) in [5.74, 6) is -0.954. The van der Waals surface area contributed by atoms with Crippen molar-refractivity contribution in [1.82, 2.24) is 5.32 Å². The summed E-state index contributed by atoms with van der Waals surface area (Å²) in [7, 11) is 0. The van der Waals surface area contributed by atoms with Crippen molar-refractivity contribution in [1.29, 1.82) is 0 Å². The third-order valence-corrected chi connectivity index (χ3v) is 4.78. The van der Waals surface area contributed by atoms with Crippen molar-refractivity contribution in [2.45, 2.75) is 13.5 Å². The zero-order valence-electron chi connectivity index (χ0n) is 16.3. The largest absolute Gasteiger partial charge is 0.459 e. The van der Waals surface area contributed by atoms with Gasteiger partial charge in [-0.1, -0.05) is 48.0 Å². The van der Waals surface area contributed by atoms with E-state index in [1.807, 2.05) is 43.3 Å². The summed E-state index contributed by atoms with van der Waals surface area (Å²) in [6.07, 6.45) is 0. The van der Waals surface area contributed by atoms with E-state index >= 15 is 0 Å². The van der Waals surface area contributed by atoms with Crippen molar-refractivity contribution in [2.75, 3.05) is 6.54 Å². The molecule has 6 nitrogen and oxygen atoms in total. The number of hydrogen-bond donors (Lipinski definition) is 1. The van der Waals surface area contributed by atoms with Crippen molar-refractivity contribution in [3.63, 3.8) is 0 Å². The molecule has 1 heterocycles. The number of hydrogen-bond acceptors (Lipinski definition) is 5. The lowest BCUT2D eigenvalue weighted by molar-refractivity contribution is -0.143. The van der Waals surface area contributed by atoms with Crippen LogP contribution in [0.2, 0.25) is 0 Å². The molecule has 0 fully saturated rings. The summed E-state index contributed by atoms with van der Waals surface area (Å²) in [6.45, 7) is 1.51. The molecular formula is C24H19NO5. The molecule has 1 aromatic heterocycles. The number of fused-ring (bicyclic) bond motifs is 3. The van der Waals surface area contributed by atoms with Gasteiger partial charge in [0, 0.05) is 22.6 Å². The third-order valence-electron chi connectivity index (χ3n) is 4.78. The molecule has 0 radical (unpaired) electrons. The van der Waals surface area contributed by atoms with E-state index < -0.39 is 11.6 Å². The molecule has 0 spiro atoms. The average molecular weight is 401 g/mol. The van der Waals surface area contributed by atoms with E-state index in [1.165, 1.54) is 6.07 Å². The molecular weight excluding hydrogens is 382 g/mol. The van der Waals surface area contributed by atoms with E-state index in [2.05, 4.69) is 5.32 Å². The van der Waals surface area contributed by atoms with Crippen LogP contribution in [0, 0.1) is 6.92 Å². The van der Waals surface area contributed by atoms with Crippen LogP contribution in [-0.4, -0.2) is 18.4 Å². The van der Waals surface area contributed by atoms with E-state index in [0.29, 0.717) is 16.7 Å². The molecule has 1 amide bonds. The molecule has 4 aromatic rings. The normalized spacial score (nSPS) is 10.8. The number of nitrogens with one attached hydrogen (secondary N) is 1. The maximum Gasteiger partial charge on any atom is 0.336 e. The Balaban J connectivity index is 1.49. The minimum atomic E-state index is -0.599. The van der Waals surface area contributed by atoms with E-state index in [1.54, 1.807) is 24.3 Å². The zero-order valence-corrected chi connectivity index (χ0v) is 16.3. The minimum absolute atomic E-state index is 0.102. The first-order valence-corrected chi connectivity index (χ1v) is 9.46. The Morgan fingerprint density at radius 3 is 2.67 bits per heavy atom. The lowest BCUT2D eigenvalue weighted by atomic mass is 10.0. The summed E-state index contributed by atoms with van der Waals surface area (Å²) in [6, 6.07) is 19.7. The van der Waals surface area contributed by atoms with Crippen LogP contribution in [-0.2, 0) is 16.1 Å². The predicted molar refractivity (Wildman–Crippen MR) is 113 cm³/mol. The third kappa shape index (κ3) is 4.07. The van der Waals surface area contributed by atoms with Crippen molar-refractivity contribution >= 4 is 33.6 Å². The second kappa shape index (κ2) is 8.21. The molecule has 0 aliphatic carbocycles. The summed E-state index contributed by atoms with van der Waals surface area (Å²) < 4.78 is 10.6. The van der Waals surface area contributed by atoms with Gasteiger partial charge in [0.05, 0.1) is 0 Å². The summed E-state index contributed by atoms with van der Waals surface area (Å²) >= 11 is 0. The fraction of sp³-hybridized carbons (Fsp3) is 0.125. The Labute approximate surface area is 172 Å². The maximum atomic E-state index is 12.2. The van der Waals surface area contributed by atoms with Crippen LogP contribution in [0.3, 0.4) is 0 Å². The zero-order chi connectivity index (χ0) is 21.1. The first-order chi connectivity index (χ1) is 14.5. The van der Waals surface area contributed by atoms with Crippen molar-refractivity contribution in [2.24, 2.45) is 0 Å². The number of benzene rings is 3. The molecule has 0 bridgehead atoms. The number of esters is 1. The lowest BCUT2D eigenvalue weighted by Gasteiger charge is -2.10. The summed E-state index contributed by atoms with van der Waals surface area (Å²) in [5.41, 5.74) is 1.89. The van der Waals surface area contributed by atoms with E-state index in [4.69, 9.17) is 9.15 Å². The Hall–Kier alpha value is -3.93. The van der Waals surface area contributed by atoms with Gasteiger partial charge in [-0.05, 0) is 35.9 Å². The fourth-order valence-corrected chi connectivity index (χ4v) is 3.38. The van der Waals surface area contributed by atoms with Crippen LogP contribution < -0.4 is 10.9 Å². The topological polar surface area (TPSA) is 85.6 Å². The molecule has 0 saturated heterocycles. The van der Waals surface area contributed by atoms with Gasteiger partial charge in [-0.25, -0.2) is 4.79 Å². The second-order valence-electron chi connectivity index (χ2n) is 6.96. The molecule has 0 aliphatic heterocycles. The number of carbonyl (C=O) groups is 2. The van der Waals surface area contributed by atoms with E-state index in [-0.39, 0.29) is 19.1 Å². The average Bonchev–Trinajstić information content (AvgIpc) is 2.75. The predicted octanol–water partition coefficient (Wildman–Crippen LogP) is 3.73. The first kappa shape index (κ1) is 19.4. The number of aryl methyl sites for hydroxylation is 1. The standard InChI is InChI=1S/C24H19NO5/c1-15-5-4-7-17(11-15)24(28)25-13-22(27)29-14-18-12-21(26)30-20-10-9-16-6-2-3-8-19(16)23(18)20/h2-12H,13-14H2,1H3,(H,25,28). The number of rotatable bonds is 5. The molecule has 0 unspecified atom stereocenters. The molecule has 4 rings (SSSR count). The highest BCUT2D eigenvalue weighted by molar-refractivity contribution is 6.07. The lowest BCUT2D eigenvalue weighted by Crippen LogP contribution is -2.30. The highest BCUT2D eigenvalue weighted by Crippen LogP contribution is 2.27. The molecule has 150 valence electrons. The Morgan fingerprint density at radius 1 is 1.00 bits per heavy atom. The summed E-state index contributed by atoms with van der Waals surface area (Å²) in [4.78, 5) is 36.3. The van der Waals surface area contributed by atoms with Crippen LogP contribution in [0.1, 0.15) is 21.5 Å². The van der Waals surface area contributed by atoms with Gasteiger partial charge in [-0.3, -0.25) is 9.59 Å². The van der Waals surface area contributed by atoms with Gasteiger partial charge in [0.15, 0.2) is 0 Å². The molecule has 30 heavy (non-hydrogen) atoms. The molecule has 1 N–H and O–H groups in total. The molecule has 6 heteroatoms. The quantitative estimate of drug-likeness (QED) is 0.313. The van der Waals surface area contributed by atoms with Crippen LogP contribution in [0.5, 0.6) is 0 Å². The molecule has 3 aromatic carbocycles. The second-order valence-corrected chi connectivity index (χ2v) is 6.96. The van der Waals surface area contributed by atoms with Crippen molar-refractivity contribution in [3.05, 3.63) is 93.8 Å². The van der Waals surface area contributed by atoms with Gasteiger partial charge < -0.3 is 14.5 Å². The Kier molecular flexibility index (Phi) is 5.30. The highest BCUT2D eigenvalue weighted by Gasteiger charge is 2.13. The molecule has 0 atom stereocenters. The first-order valence-electron chi connectivity index (χ1n) is 9.46. The SMILES string of the molecule is Cc1cccc(C(=O)NCC(=O)OCc2cc(=O)oc3ccc4ccccc4c23)c1. The van der Waals surface area contributed by atoms with Gasteiger partial charge in [-0.2, -0.15) is 0 Å². The minimum Gasteiger partial charge on any atom is -0.459 e. The van der Waals surface area contributed by atoms with Crippen molar-refractivity contribution < 1.29 is 18.7 Å². The smallest absolute Gasteiger partial charge is 0.336 e. The van der Waals surface area contributed by atoms with Crippen LogP contribution in [0.15, 0.2) is 75.9 Å². The van der Waals surface area contributed by atoms with Gasteiger partial charge in [-0.15, -0.1) is 0 Å². The number of amides is 1.